The van der Waals surface area contributed by atoms with Gasteiger partial charge in [-0.1, -0.05) is 6.07 Å². The van der Waals surface area contributed by atoms with Crippen molar-refractivity contribution in [3.05, 3.63) is 63.0 Å². The third-order valence-corrected chi connectivity index (χ3v) is 11.4. The molecule has 2 amide bonds. The van der Waals surface area contributed by atoms with Crippen LogP contribution in [0, 0.1) is 21.2 Å². The molecule has 2 aliphatic carbocycles. The monoisotopic (exact) mass is 610 g/mol. The van der Waals surface area contributed by atoms with Crippen LogP contribution in [0.25, 0.3) is 0 Å². The molecule has 3 aliphatic rings. The van der Waals surface area contributed by atoms with Gasteiger partial charge >= 0.3 is 0 Å². The lowest BCUT2D eigenvalue weighted by Crippen LogP contribution is -2.53. The Bertz CT molecular complexity index is 1270. The number of sulfone groups is 1. The Balaban J connectivity index is 1.55. The summed E-state index contributed by atoms with van der Waals surface area (Å²) in [7, 11) is -3.91. The van der Waals surface area contributed by atoms with E-state index in [0.29, 0.717) is 45.4 Å². The van der Waals surface area contributed by atoms with E-state index in [-0.39, 0.29) is 22.6 Å². The van der Waals surface area contributed by atoms with Gasteiger partial charge in [0.15, 0.2) is 9.84 Å². The number of rotatable bonds is 3. The van der Waals surface area contributed by atoms with Crippen LogP contribution < -0.4 is 0 Å². The highest BCUT2D eigenvalue weighted by Gasteiger charge is 2.61. The second-order valence-corrected chi connectivity index (χ2v) is 13.2. The topological polar surface area (TPSA) is 74.8 Å². The van der Waals surface area contributed by atoms with Crippen molar-refractivity contribution in [2.45, 2.75) is 42.2 Å². The average molecular weight is 610 g/mol. The number of benzene rings is 2. The summed E-state index contributed by atoms with van der Waals surface area (Å²) in [6, 6.07) is 10.9. The van der Waals surface area contributed by atoms with Crippen molar-refractivity contribution in [2.75, 3.05) is 26.2 Å². The van der Waals surface area contributed by atoms with E-state index in [1.807, 2.05) is 18.2 Å². The molecule has 0 bridgehead atoms. The van der Waals surface area contributed by atoms with Crippen LogP contribution in [0.1, 0.15) is 37.3 Å². The maximum atomic E-state index is 14.3. The molecule has 2 aromatic rings. The average Bonchev–Trinajstić information content (AvgIpc) is 3.25. The lowest BCUT2D eigenvalue weighted by atomic mass is 9.73. The molecule has 5 rings (SSSR count). The zero-order valence-corrected chi connectivity index (χ0v) is 22.5. The van der Waals surface area contributed by atoms with Crippen LogP contribution in [0.3, 0.4) is 0 Å². The van der Waals surface area contributed by atoms with Crippen LogP contribution in [0.4, 0.5) is 4.39 Å². The van der Waals surface area contributed by atoms with Crippen molar-refractivity contribution in [3.8, 4) is 0 Å². The Labute approximate surface area is 218 Å². The lowest BCUT2D eigenvalue weighted by molar-refractivity contribution is -0.142. The molecule has 3 atom stereocenters. The molecule has 0 aromatic heterocycles. The van der Waals surface area contributed by atoms with Crippen molar-refractivity contribution < 1.29 is 22.4 Å². The number of fused-ring (bicyclic) bond motifs is 3. The molecular formula is C26H28FIN2O4S. The Morgan fingerprint density at radius 1 is 1.00 bits per heavy atom. The predicted molar refractivity (Wildman–Crippen MR) is 138 cm³/mol. The highest BCUT2D eigenvalue weighted by molar-refractivity contribution is 14.1. The molecule has 1 saturated carbocycles. The SMILES string of the molecule is CC(=O)N1CCN(C(=O)[C@@H]2CC[C@@]3(S(=O)(=O)c4ccc(F)cc4)c4ccc(I)cc4CC[C@@H]23)CC1. The number of hydrogen-bond donors (Lipinski definition) is 0. The van der Waals surface area contributed by atoms with Crippen molar-refractivity contribution in [1.82, 2.24) is 9.80 Å². The first-order valence-electron chi connectivity index (χ1n) is 12.0. The molecule has 2 aromatic carbocycles. The van der Waals surface area contributed by atoms with Crippen molar-refractivity contribution in [1.29, 1.82) is 0 Å². The van der Waals surface area contributed by atoms with Crippen LogP contribution in [0.2, 0.25) is 0 Å². The molecular weight excluding hydrogens is 582 g/mol. The first kappa shape index (κ1) is 24.7. The molecule has 0 radical (unpaired) electrons. The van der Waals surface area contributed by atoms with Crippen molar-refractivity contribution in [2.24, 2.45) is 11.8 Å². The normalized spacial score (nSPS) is 26.3. The molecule has 2 fully saturated rings. The molecule has 35 heavy (non-hydrogen) atoms. The molecule has 1 heterocycles. The number of amides is 2. The number of nitrogens with zero attached hydrogens (tertiary/aromatic N) is 2. The van der Waals surface area contributed by atoms with E-state index in [2.05, 4.69) is 22.6 Å². The van der Waals surface area contributed by atoms with Gasteiger partial charge < -0.3 is 9.80 Å². The maximum Gasteiger partial charge on any atom is 0.226 e. The Kier molecular flexibility index (Phi) is 6.44. The standard InChI is InChI=1S/C26H28FIN2O4S/c1-17(31)29-12-14-30(15-13-29)25(32)22-10-11-26(35(33,34)21-6-3-19(27)4-7-21)23-9-5-20(28)16-18(23)2-8-24(22)26/h3-7,9,16,22,24H,2,8,10-15H2,1H3/t22-,24+,26-/m1/s1. The zero-order valence-electron chi connectivity index (χ0n) is 19.5. The number of piperazine rings is 1. The minimum absolute atomic E-state index is 0.000827. The lowest BCUT2D eigenvalue weighted by Gasteiger charge is -2.43. The summed E-state index contributed by atoms with van der Waals surface area (Å²) >= 11 is 2.24. The van der Waals surface area contributed by atoms with E-state index in [1.165, 1.54) is 31.2 Å². The summed E-state index contributed by atoms with van der Waals surface area (Å²) in [5.74, 6) is -1.25. The molecule has 0 spiro atoms. The van der Waals surface area contributed by atoms with E-state index in [4.69, 9.17) is 0 Å². The molecule has 9 heteroatoms. The summed E-state index contributed by atoms with van der Waals surface area (Å²) in [5.41, 5.74) is 1.80. The van der Waals surface area contributed by atoms with Gasteiger partial charge in [-0.05, 0) is 102 Å². The second kappa shape index (κ2) is 9.14. The third kappa shape index (κ3) is 3.98. The Morgan fingerprint density at radius 3 is 2.31 bits per heavy atom. The fourth-order valence-corrected chi connectivity index (χ4v) is 9.44. The molecule has 6 nitrogen and oxygen atoms in total. The summed E-state index contributed by atoms with van der Waals surface area (Å²) in [6.45, 7) is 3.46. The van der Waals surface area contributed by atoms with Crippen LogP contribution in [0.15, 0.2) is 47.4 Å². The van der Waals surface area contributed by atoms with E-state index in [0.717, 1.165) is 21.1 Å². The number of halogens is 2. The van der Waals surface area contributed by atoms with Gasteiger partial charge in [-0.15, -0.1) is 0 Å². The second-order valence-electron chi connectivity index (χ2n) is 9.77. The predicted octanol–water partition coefficient (Wildman–Crippen LogP) is 3.76. The van der Waals surface area contributed by atoms with Crippen molar-refractivity contribution >= 4 is 44.2 Å². The highest BCUT2D eigenvalue weighted by atomic mass is 127. The fraction of sp³-hybridized carbons (Fsp3) is 0.462. The first-order chi connectivity index (χ1) is 16.6. The molecule has 1 saturated heterocycles. The fourth-order valence-electron chi connectivity index (χ4n) is 6.42. The van der Waals surface area contributed by atoms with Crippen molar-refractivity contribution in [3.63, 3.8) is 0 Å². The molecule has 0 unspecified atom stereocenters. The minimum Gasteiger partial charge on any atom is -0.339 e. The largest absolute Gasteiger partial charge is 0.339 e. The van der Waals surface area contributed by atoms with Crippen LogP contribution >= 0.6 is 22.6 Å². The van der Waals surface area contributed by atoms with Gasteiger partial charge in [-0.2, -0.15) is 0 Å². The van der Waals surface area contributed by atoms with Gasteiger partial charge in [-0.3, -0.25) is 9.59 Å². The number of aryl methyl sites for hydroxylation is 1. The van der Waals surface area contributed by atoms with E-state index in [1.54, 1.807) is 9.80 Å². The van der Waals surface area contributed by atoms with Crippen LogP contribution in [0.5, 0.6) is 0 Å². The van der Waals surface area contributed by atoms with Gasteiger partial charge in [-0.25, -0.2) is 12.8 Å². The zero-order chi connectivity index (χ0) is 25.0. The van der Waals surface area contributed by atoms with Gasteiger partial charge in [0.1, 0.15) is 10.6 Å². The summed E-state index contributed by atoms with van der Waals surface area (Å²) in [6.07, 6.45) is 2.17. The van der Waals surface area contributed by atoms with E-state index < -0.39 is 26.3 Å². The number of carbonyl (C=O) groups is 2. The smallest absolute Gasteiger partial charge is 0.226 e. The molecule has 186 valence electrons. The van der Waals surface area contributed by atoms with Gasteiger partial charge in [0.25, 0.3) is 0 Å². The number of hydrogen-bond acceptors (Lipinski definition) is 4. The number of carbonyl (C=O) groups excluding carboxylic acids is 2. The van der Waals surface area contributed by atoms with Gasteiger partial charge in [0.2, 0.25) is 11.8 Å². The third-order valence-electron chi connectivity index (χ3n) is 8.12. The van der Waals surface area contributed by atoms with Crippen LogP contribution in [-0.2, 0) is 30.6 Å². The Hall–Kier alpha value is -2.01. The quantitative estimate of drug-likeness (QED) is 0.392. The Morgan fingerprint density at radius 2 is 1.66 bits per heavy atom. The first-order valence-corrected chi connectivity index (χ1v) is 14.5. The maximum absolute atomic E-state index is 14.3. The summed E-state index contributed by atoms with van der Waals surface area (Å²) in [4.78, 5) is 29.1. The highest BCUT2D eigenvalue weighted by Crippen LogP contribution is 2.59. The summed E-state index contributed by atoms with van der Waals surface area (Å²) in [5, 5.41) is 0. The van der Waals surface area contributed by atoms with E-state index in [9.17, 15) is 22.4 Å². The summed E-state index contributed by atoms with van der Waals surface area (Å²) < 4.78 is 42.1. The van der Waals surface area contributed by atoms with E-state index >= 15 is 0 Å². The van der Waals surface area contributed by atoms with Gasteiger partial charge in [0, 0.05) is 42.6 Å². The molecule has 1 aliphatic heterocycles. The van der Waals surface area contributed by atoms with Gasteiger partial charge in [0.05, 0.1) is 4.90 Å². The van der Waals surface area contributed by atoms with Crippen LogP contribution in [-0.4, -0.2) is 56.2 Å². The minimum atomic E-state index is -3.91. The molecule has 0 N–H and O–H groups in total.